The van der Waals surface area contributed by atoms with E-state index in [1.54, 1.807) is 31.3 Å². The van der Waals surface area contributed by atoms with E-state index in [0.717, 1.165) is 5.69 Å². The van der Waals surface area contributed by atoms with Gasteiger partial charge in [0.05, 0.1) is 0 Å². The topological polar surface area (TPSA) is 116 Å². The molecular formula is C13H16N2O5Zn. The standard InChI is InChI=1S/C13H16N2O5.Zn/c1-14-9-4-2-8(3-5-9)12(18)15-10(13(19)20)6-7-11(16)17;/h2-5,10,14H,6-7H2,1H3,(H,15,18)(H,16,17)(H,19,20);/t10-;/m1./s1. The molecule has 4 N–H and O–H groups in total. The van der Waals surface area contributed by atoms with Crippen molar-refractivity contribution >= 4 is 23.5 Å². The molecule has 0 spiro atoms. The summed E-state index contributed by atoms with van der Waals surface area (Å²) in [6.45, 7) is 0. The molecule has 0 radical (unpaired) electrons. The first-order valence-electron chi connectivity index (χ1n) is 5.97. The number of carbonyl (C=O) groups is 3. The Morgan fingerprint density at radius 1 is 1.14 bits per heavy atom. The molecule has 0 saturated carbocycles. The molecular weight excluding hydrogens is 330 g/mol. The van der Waals surface area contributed by atoms with Crippen LogP contribution in [0.1, 0.15) is 23.2 Å². The maximum atomic E-state index is 11.9. The van der Waals surface area contributed by atoms with Crippen molar-refractivity contribution in [2.45, 2.75) is 18.9 Å². The van der Waals surface area contributed by atoms with Crippen LogP contribution in [0, 0.1) is 0 Å². The maximum absolute atomic E-state index is 11.9. The van der Waals surface area contributed by atoms with E-state index in [1.807, 2.05) is 0 Å². The van der Waals surface area contributed by atoms with Crippen LogP contribution in [0.3, 0.4) is 0 Å². The average Bonchev–Trinajstić information content (AvgIpc) is 2.42. The second-order valence-electron chi connectivity index (χ2n) is 4.12. The molecule has 1 aromatic carbocycles. The number of carbonyl (C=O) groups excluding carboxylic acids is 1. The molecule has 1 atom stereocenters. The smallest absolute Gasteiger partial charge is 0.326 e. The molecule has 110 valence electrons. The summed E-state index contributed by atoms with van der Waals surface area (Å²) in [5, 5.41) is 22.7. The molecule has 0 fully saturated rings. The number of rotatable bonds is 7. The first kappa shape index (κ1) is 19.1. The normalized spacial score (nSPS) is 10.9. The van der Waals surface area contributed by atoms with Gasteiger partial charge in [-0.15, -0.1) is 0 Å². The number of hydrogen-bond acceptors (Lipinski definition) is 4. The molecule has 7 nitrogen and oxygen atoms in total. The summed E-state index contributed by atoms with van der Waals surface area (Å²) in [5.41, 5.74) is 1.13. The Bertz CT molecular complexity index is 504. The van der Waals surface area contributed by atoms with Crippen molar-refractivity contribution in [3.8, 4) is 0 Å². The van der Waals surface area contributed by atoms with E-state index in [1.165, 1.54) is 0 Å². The van der Waals surface area contributed by atoms with Gasteiger partial charge >= 0.3 is 11.9 Å². The fraction of sp³-hybridized carbons (Fsp3) is 0.308. The fourth-order valence-electron chi connectivity index (χ4n) is 1.56. The molecule has 0 saturated heterocycles. The second-order valence-corrected chi connectivity index (χ2v) is 4.12. The number of aliphatic carboxylic acids is 2. The third-order valence-electron chi connectivity index (χ3n) is 2.69. The van der Waals surface area contributed by atoms with E-state index < -0.39 is 23.9 Å². The predicted molar refractivity (Wildman–Crippen MR) is 71.7 cm³/mol. The minimum absolute atomic E-state index is 0. The van der Waals surface area contributed by atoms with Crippen molar-refractivity contribution in [2.75, 3.05) is 12.4 Å². The Kier molecular flexibility index (Phi) is 8.23. The molecule has 0 heterocycles. The van der Waals surface area contributed by atoms with Crippen LogP contribution < -0.4 is 10.6 Å². The summed E-state index contributed by atoms with van der Waals surface area (Å²) in [7, 11) is 1.74. The van der Waals surface area contributed by atoms with Crippen molar-refractivity contribution in [1.29, 1.82) is 0 Å². The Balaban J connectivity index is 0.00000400. The molecule has 0 aromatic heterocycles. The van der Waals surface area contributed by atoms with Crippen LogP contribution in [0.25, 0.3) is 0 Å². The van der Waals surface area contributed by atoms with Gasteiger partial charge in [0.15, 0.2) is 0 Å². The Hall–Kier alpha value is -1.95. The van der Waals surface area contributed by atoms with Gasteiger partial charge < -0.3 is 20.8 Å². The quantitative estimate of drug-likeness (QED) is 0.543. The second kappa shape index (κ2) is 9.07. The average molecular weight is 346 g/mol. The summed E-state index contributed by atoms with van der Waals surface area (Å²) in [4.78, 5) is 33.3. The van der Waals surface area contributed by atoms with E-state index in [9.17, 15) is 14.4 Å². The summed E-state index contributed by atoms with van der Waals surface area (Å²) < 4.78 is 0. The van der Waals surface area contributed by atoms with Gasteiger partial charge in [-0.05, 0) is 30.7 Å². The summed E-state index contributed by atoms with van der Waals surface area (Å²) in [5.74, 6) is -2.92. The monoisotopic (exact) mass is 344 g/mol. The molecule has 1 rings (SSSR count). The third kappa shape index (κ3) is 6.36. The number of benzene rings is 1. The zero-order chi connectivity index (χ0) is 15.1. The number of carboxylic acids is 2. The van der Waals surface area contributed by atoms with E-state index in [-0.39, 0.29) is 32.3 Å². The number of nitrogens with one attached hydrogen (secondary N) is 2. The summed E-state index contributed by atoms with van der Waals surface area (Å²) in [6.07, 6.45) is -0.485. The molecule has 0 aliphatic rings. The number of carboxylic acid groups (broad SMARTS) is 2. The SMILES string of the molecule is CNc1ccc(C(=O)N[C@H](CCC(=O)O)C(=O)O)cc1.[Zn]. The van der Waals surface area contributed by atoms with Crippen molar-refractivity contribution in [1.82, 2.24) is 5.32 Å². The van der Waals surface area contributed by atoms with Gasteiger partial charge in [0.1, 0.15) is 6.04 Å². The van der Waals surface area contributed by atoms with Crippen molar-refractivity contribution in [3.05, 3.63) is 29.8 Å². The van der Waals surface area contributed by atoms with Crippen LogP contribution in [0.5, 0.6) is 0 Å². The van der Waals surface area contributed by atoms with E-state index in [0.29, 0.717) is 5.56 Å². The minimum Gasteiger partial charge on any atom is -0.481 e. The Morgan fingerprint density at radius 3 is 2.14 bits per heavy atom. The summed E-state index contributed by atoms with van der Waals surface area (Å²) >= 11 is 0. The van der Waals surface area contributed by atoms with E-state index in [4.69, 9.17) is 10.2 Å². The van der Waals surface area contributed by atoms with Gasteiger partial charge in [-0.2, -0.15) is 0 Å². The Morgan fingerprint density at radius 2 is 1.71 bits per heavy atom. The van der Waals surface area contributed by atoms with Gasteiger partial charge in [-0.3, -0.25) is 9.59 Å². The fourth-order valence-corrected chi connectivity index (χ4v) is 1.56. The van der Waals surface area contributed by atoms with Gasteiger partial charge in [-0.25, -0.2) is 4.79 Å². The van der Waals surface area contributed by atoms with Crippen molar-refractivity contribution in [3.63, 3.8) is 0 Å². The predicted octanol–water partition coefficient (Wildman–Crippen LogP) is 0.774. The van der Waals surface area contributed by atoms with Crippen molar-refractivity contribution < 1.29 is 44.1 Å². The molecule has 0 unspecified atom stereocenters. The first-order valence-corrected chi connectivity index (χ1v) is 5.97. The van der Waals surface area contributed by atoms with Crippen LogP contribution in [-0.4, -0.2) is 41.1 Å². The van der Waals surface area contributed by atoms with Crippen LogP contribution in [0.4, 0.5) is 5.69 Å². The van der Waals surface area contributed by atoms with E-state index in [2.05, 4.69) is 10.6 Å². The minimum atomic E-state index is -1.26. The molecule has 1 aromatic rings. The number of hydrogen-bond donors (Lipinski definition) is 4. The first-order chi connectivity index (χ1) is 9.43. The van der Waals surface area contributed by atoms with Crippen LogP contribution in [0.15, 0.2) is 24.3 Å². The number of amides is 1. The summed E-state index contributed by atoms with van der Waals surface area (Å²) in [6, 6.07) is 5.25. The largest absolute Gasteiger partial charge is 0.481 e. The molecule has 1 amide bonds. The zero-order valence-electron chi connectivity index (χ0n) is 11.6. The zero-order valence-corrected chi connectivity index (χ0v) is 14.6. The van der Waals surface area contributed by atoms with Crippen LogP contribution in [0.2, 0.25) is 0 Å². The van der Waals surface area contributed by atoms with Crippen LogP contribution >= 0.6 is 0 Å². The molecule has 0 aliphatic carbocycles. The number of anilines is 1. The van der Waals surface area contributed by atoms with Crippen LogP contribution in [-0.2, 0) is 29.1 Å². The van der Waals surface area contributed by atoms with E-state index >= 15 is 0 Å². The van der Waals surface area contributed by atoms with Crippen molar-refractivity contribution in [2.24, 2.45) is 0 Å². The molecule has 21 heavy (non-hydrogen) atoms. The van der Waals surface area contributed by atoms with Gasteiger partial charge in [0, 0.05) is 44.2 Å². The molecule has 8 heteroatoms. The third-order valence-corrected chi connectivity index (χ3v) is 2.69. The van der Waals surface area contributed by atoms with Gasteiger partial charge in [-0.1, -0.05) is 0 Å². The molecule has 0 bridgehead atoms. The van der Waals surface area contributed by atoms with Gasteiger partial charge in [0.25, 0.3) is 5.91 Å². The molecule has 0 aliphatic heterocycles. The maximum Gasteiger partial charge on any atom is 0.326 e. The van der Waals surface area contributed by atoms with Gasteiger partial charge in [0.2, 0.25) is 0 Å². The Labute approximate surface area is 134 Å².